The van der Waals surface area contributed by atoms with Crippen molar-refractivity contribution < 1.29 is 9.53 Å². The number of nitrogens with zero attached hydrogens (tertiary/aromatic N) is 1. The molecule has 0 aliphatic carbocycles. The van der Waals surface area contributed by atoms with E-state index in [2.05, 4.69) is 17.2 Å². The summed E-state index contributed by atoms with van der Waals surface area (Å²) in [4.78, 5) is 16.7. The van der Waals surface area contributed by atoms with E-state index in [4.69, 9.17) is 4.74 Å². The lowest BCUT2D eigenvalue weighted by atomic mass is 9.98. The highest BCUT2D eigenvalue weighted by molar-refractivity contribution is 5.79. The lowest BCUT2D eigenvalue weighted by Gasteiger charge is -2.25. The fraction of sp³-hybridized carbons (Fsp3) is 0.600. The third-order valence-electron chi connectivity index (χ3n) is 3.70. The topological polar surface area (TPSA) is 51.2 Å². The highest BCUT2D eigenvalue weighted by atomic mass is 16.5. The standard InChI is InChI=1S/C15H22N2O2/c1-3-13(14-11(2)5-4-8-16-14)17-15(18)12-6-9-19-10-7-12/h4-5,8,12-13H,3,6-7,9-10H2,1-2H3,(H,17,18). The van der Waals surface area contributed by atoms with Gasteiger partial charge in [-0.15, -0.1) is 0 Å². The molecule has 4 heteroatoms. The number of aromatic nitrogens is 1. The Morgan fingerprint density at radius 1 is 1.53 bits per heavy atom. The number of aryl methyl sites for hydroxylation is 1. The number of hydrogen-bond acceptors (Lipinski definition) is 3. The van der Waals surface area contributed by atoms with Crippen molar-refractivity contribution >= 4 is 5.91 Å². The predicted molar refractivity (Wildman–Crippen MR) is 73.7 cm³/mol. The Labute approximate surface area is 114 Å². The van der Waals surface area contributed by atoms with Gasteiger partial charge in [0, 0.05) is 25.3 Å². The van der Waals surface area contributed by atoms with Crippen molar-refractivity contribution in [1.82, 2.24) is 10.3 Å². The number of carbonyl (C=O) groups excluding carboxylic acids is 1. The van der Waals surface area contributed by atoms with Gasteiger partial charge in [-0.05, 0) is 37.8 Å². The number of hydrogen-bond donors (Lipinski definition) is 1. The van der Waals surface area contributed by atoms with Crippen LogP contribution in [0.2, 0.25) is 0 Å². The number of carbonyl (C=O) groups is 1. The van der Waals surface area contributed by atoms with Gasteiger partial charge in [-0.25, -0.2) is 0 Å². The lowest BCUT2D eigenvalue weighted by Crippen LogP contribution is -2.37. The molecule has 0 saturated carbocycles. The minimum atomic E-state index is 0.0107. The van der Waals surface area contributed by atoms with Gasteiger partial charge in [-0.3, -0.25) is 9.78 Å². The van der Waals surface area contributed by atoms with E-state index in [9.17, 15) is 4.79 Å². The van der Waals surface area contributed by atoms with Crippen molar-refractivity contribution in [2.24, 2.45) is 5.92 Å². The summed E-state index contributed by atoms with van der Waals surface area (Å²) in [6.07, 6.45) is 4.28. The van der Waals surface area contributed by atoms with Crippen LogP contribution in [0.4, 0.5) is 0 Å². The van der Waals surface area contributed by atoms with E-state index in [0.717, 1.165) is 30.5 Å². The van der Waals surface area contributed by atoms with Crippen molar-refractivity contribution in [3.63, 3.8) is 0 Å². The molecule has 1 aliphatic heterocycles. The Hall–Kier alpha value is -1.42. The largest absolute Gasteiger partial charge is 0.381 e. The van der Waals surface area contributed by atoms with Crippen molar-refractivity contribution in [2.75, 3.05) is 13.2 Å². The molecule has 1 amide bonds. The Morgan fingerprint density at radius 2 is 2.26 bits per heavy atom. The molecule has 2 rings (SSSR count). The predicted octanol–water partition coefficient (Wildman–Crippen LogP) is 2.38. The van der Waals surface area contributed by atoms with Gasteiger partial charge in [0.25, 0.3) is 0 Å². The molecule has 19 heavy (non-hydrogen) atoms. The van der Waals surface area contributed by atoms with Gasteiger partial charge >= 0.3 is 0 Å². The van der Waals surface area contributed by atoms with E-state index < -0.39 is 0 Å². The van der Waals surface area contributed by atoms with Crippen LogP contribution >= 0.6 is 0 Å². The zero-order valence-electron chi connectivity index (χ0n) is 11.7. The molecular formula is C15H22N2O2. The molecule has 0 bridgehead atoms. The van der Waals surface area contributed by atoms with Crippen molar-refractivity contribution in [3.8, 4) is 0 Å². The number of amides is 1. The zero-order chi connectivity index (χ0) is 13.7. The number of rotatable bonds is 4. The fourth-order valence-corrected chi connectivity index (χ4v) is 2.48. The van der Waals surface area contributed by atoms with E-state index in [1.807, 2.05) is 19.1 Å². The second-order valence-electron chi connectivity index (χ2n) is 5.06. The first-order chi connectivity index (χ1) is 9.22. The monoisotopic (exact) mass is 262 g/mol. The summed E-state index contributed by atoms with van der Waals surface area (Å²) in [6, 6.07) is 3.97. The molecule has 1 atom stereocenters. The second-order valence-corrected chi connectivity index (χ2v) is 5.06. The first-order valence-corrected chi connectivity index (χ1v) is 7.02. The normalized spacial score (nSPS) is 18.0. The van der Waals surface area contributed by atoms with Gasteiger partial charge in [0.15, 0.2) is 0 Å². The molecule has 4 nitrogen and oxygen atoms in total. The molecule has 0 spiro atoms. The zero-order valence-corrected chi connectivity index (χ0v) is 11.7. The van der Waals surface area contributed by atoms with Crippen LogP contribution in [-0.2, 0) is 9.53 Å². The van der Waals surface area contributed by atoms with Gasteiger partial charge in [-0.1, -0.05) is 13.0 Å². The van der Waals surface area contributed by atoms with Gasteiger partial charge in [-0.2, -0.15) is 0 Å². The van der Waals surface area contributed by atoms with E-state index >= 15 is 0 Å². The van der Waals surface area contributed by atoms with Crippen LogP contribution in [0.25, 0.3) is 0 Å². The second kappa shape index (κ2) is 6.66. The van der Waals surface area contributed by atoms with Gasteiger partial charge < -0.3 is 10.1 Å². The summed E-state index contributed by atoms with van der Waals surface area (Å²) in [5.74, 6) is 0.229. The third-order valence-corrected chi connectivity index (χ3v) is 3.70. The molecule has 1 N–H and O–H groups in total. The molecule has 1 unspecified atom stereocenters. The Kier molecular flexibility index (Phi) is 4.91. The fourth-order valence-electron chi connectivity index (χ4n) is 2.48. The smallest absolute Gasteiger partial charge is 0.223 e. The first kappa shape index (κ1) is 14.0. The summed E-state index contributed by atoms with van der Waals surface area (Å²) >= 11 is 0. The molecule has 2 heterocycles. The summed E-state index contributed by atoms with van der Waals surface area (Å²) in [5, 5.41) is 3.14. The maximum Gasteiger partial charge on any atom is 0.223 e. The molecule has 0 aromatic carbocycles. The molecular weight excluding hydrogens is 240 g/mol. The van der Waals surface area contributed by atoms with Crippen LogP contribution in [0.15, 0.2) is 18.3 Å². The van der Waals surface area contributed by atoms with Crippen LogP contribution in [0.1, 0.15) is 43.5 Å². The molecule has 1 aliphatic rings. The Bertz CT molecular complexity index is 428. The maximum atomic E-state index is 12.3. The summed E-state index contributed by atoms with van der Waals surface area (Å²) in [7, 11) is 0. The quantitative estimate of drug-likeness (QED) is 0.906. The Balaban J connectivity index is 2.02. The molecule has 1 aromatic heterocycles. The first-order valence-electron chi connectivity index (χ1n) is 7.02. The average molecular weight is 262 g/mol. The lowest BCUT2D eigenvalue weighted by molar-refractivity contribution is -0.128. The summed E-state index contributed by atoms with van der Waals surface area (Å²) in [6.45, 7) is 5.49. The van der Waals surface area contributed by atoms with E-state index in [0.29, 0.717) is 13.2 Å². The number of pyridine rings is 1. The summed E-state index contributed by atoms with van der Waals surface area (Å²) in [5.41, 5.74) is 2.10. The number of nitrogens with one attached hydrogen (secondary N) is 1. The van der Waals surface area contributed by atoms with Crippen LogP contribution in [0.5, 0.6) is 0 Å². The van der Waals surface area contributed by atoms with E-state index in [1.54, 1.807) is 6.20 Å². The average Bonchev–Trinajstić information content (AvgIpc) is 2.46. The number of ether oxygens (including phenoxy) is 1. The van der Waals surface area contributed by atoms with Crippen molar-refractivity contribution in [1.29, 1.82) is 0 Å². The minimum absolute atomic E-state index is 0.0107. The molecule has 1 saturated heterocycles. The van der Waals surface area contributed by atoms with Crippen LogP contribution in [-0.4, -0.2) is 24.1 Å². The van der Waals surface area contributed by atoms with Crippen LogP contribution in [0, 0.1) is 12.8 Å². The van der Waals surface area contributed by atoms with Crippen LogP contribution in [0.3, 0.4) is 0 Å². The molecule has 1 fully saturated rings. The minimum Gasteiger partial charge on any atom is -0.381 e. The Morgan fingerprint density at radius 3 is 2.89 bits per heavy atom. The van der Waals surface area contributed by atoms with Crippen LogP contribution < -0.4 is 5.32 Å². The molecule has 0 radical (unpaired) electrons. The van der Waals surface area contributed by atoms with Crippen molar-refractivity contribution in [3.05, 3.63) is 29.6 Å². The molecule has 104 valence electrons. The SMILES string of the molecule is CCC(NC(=O)C1CCOCC1)c1ncccc1C. The van der Waals surface area contributed by atoms with Gasteiger partial charge in [0.1, 0.15) is 0 Å². The highest BCUT2D eigenvalue weighted by Crippen LogP contribution is 2.21. The summed E-state index contributed by atoms with van der Waals surface area (Å²) < 4.78 is 5.29. The van der Waals surface area contributed by atoms with E-state index in [-0.39, 0.29) is 17.9 Å². The van der Waals surface area contributed by atoms with Gasteiger partial charge in [0.05, 0.1) is 11.7 Å². The third kappa shape index (κ3) is 3.53. The molecule has 1 aromatic rings. The van der Waals surface area contributed by atoms with Crippen molar-refractivity contribution in [2.45, 2.75) is 39.2 Å². The van der Waals surface area contributed by atoms with E-state index in [1.165, 1.54) is 0 Å². The highest BCUT2D eigenvalue weighted by Gasteiger charge is 2.24. The van der Waals surface area contributed by atoms with Gasteiger partial charge in [0.2, 0.25) is 5.91 Å². The maximum absolute atomic E-state index is 12.3.